The van der Waals surface area contributed by atoms with Crippen LogP contribution in [0.15, 0.2) is 83.4 Å². The van der Waals surface area contributed by atoms with Gasteiger partial charge in [0.1, 0.15) is 0 Å². The van der Waals surface area contributed by atoms with Crippen LogP contribution in [-0.2, 0) is 14.3 Å². The van der Waals surface area contributed by atoms with Gasteiger partial charge in [-0.2, -0.15) is 0 Å². The van der Waals surface area contributed by atoms with Crippen molar-refractivity contribution in [2.24, 2.45) is 0 Å². The first kappa shape index (κ1) is 28.7. The molecule has 0 bridgehead atoms. The van der Waals surface area contributed by atoms with Crippen LogP contribution in [0.4, 0.5) is 26.2 Å². The van der Waals surface area contributed by atoms with E-state index in [-0.39, 0.29) is 5.91 Å². The predicted molar refractivity (Wildman–Crippen MR) is 148 cm³/mol. The van der Waals surface area contributed by atoms with Gasteiger partial charge in [-0.3, -0.25) is 10.1 Å². The summed E-state index contributed by atoms with van der Waals surface area (Å²) >= 11 is 3.34. The standard InChI is InChI=1S/C28H29BrFN3O5/c1-2-37-25(9-5-6-10-26(35)33-23-8-4-3-7-22(23)31)27(18-11-16-24(34)21(30)17-18)38-28(36)32-20-14-12-19(29)13-15-20/h3-4,6-8,10-17,25,27,34H,2,5,9,31H2,1H3,(H,32,36)(H,33,35)/b10-6+/t25-,27-/m1/s1. The fourth-order valence-electron chi connectivity index (χ4n) is 3.63. The van der Waals surface area contributed by atoms with Crippen molar-refractivity contribution in [1.29, 1.82) is 0 Å². The predicted octanol–water partition coefficient (Wildman–Crippen LogP) is 6.55. The molecule has 38 heavy (non-hydrogen) atoms. The molecule has 8 nitrogen and oxygen atoms in total. The summed E-state index contributed by atoms with van der Waals surface area (Å²) in [6.45, 7) is 2.09. The van der Waals surface area contributed by atoms with Crippen molar-refractivity contribution in [3.8, 4) is 5.75 Å². The van der Waals surface area contributed by atoms with Crippen molar-refractivity contribution >= 4 is 45.0 Å². The Morgan fingerprint density at radius 2 is 1.84 bits per heavy atom. The largest absolute Gasteiger partial charge is 0.505 e. The number of anilines is 3. The van der Waals surface area contributed by atoms with E-state index >= 15 is 0 Å². The number of nitrogen functional groups attached to an aromatic ring is 1. The highest BCUT2D eigenvalue weighted by Crippen LogP contribution is 2.30. The Morgan fingerprint density at radius 3 is 2.53 bits per heavy atom. The van der Waals surface area contributed by atoms with Crippen molar-refractivity contribution in [2.45, 2.75) is 32.0 Å². The highest BCUT2D eigenvalue weighted by atomic mass is 79.9. The molecule has 2 atom stereocenters. The number of hydrogen-bond donors (Lipinski definition) is 4. The van der Waals surface area contributed by atoms with Crippen molar-refractivity contribution in [1.82, 2.24) is 0 Å². The van der Waals surface area contributed by atoms with E-state index in [9.17, 15) is 19.1 Å². The summed E-state index contributed by atoms with van der Waals surface area (Å²) in [7, 11) is 0. The fourth-order valence-corrected chi connectivity index (χ4v) is 3.89. The number of ether oxygens (including phenoxy) is 2. The van der Waals surface area contributed by atoms with Gasteiger partial charge in [0.05, 0.1) is 17.5 Å². The number of allylic oxidation sites excluding steroid dienone is 1. The van der Waals surface area contributed by atoms with Crippen LogP contribution in [0.2, 0.25) is 0 Å². The monoisotopic (exact) mass is 585 g/mol. The SMILES string of the molecule is CCO[C@H](CC/C=C/C(=O)Nc1ccccc1N)[C@H](OC(=O)Nc1ccc(Br)cc1)c1ccc(O)c(F)c1. The van der Waals surface area contributed by atoms with Crippen LogP contribution in [-0.4, -0.2) is 29.8 Å². The minimum absolute atomic E-state index is 0.302. The Bertz CT molecular complexity index is 1270. The summed E-state index contributed by atoms with van der Waals surface area (Å²) in [5.74, 6) is -1.72. The Morgan fingerprint density at radius 1 is 1.11 bits per heavy atom. The van der Waals surface area contributed by atoms with Crippen LogP contribution in [0.25, 0.3) is 0 Å². The normalized spacial score (nSPS) is 12.6. The minimum atomic E-state index is -0.994. The van der Waals surface area contributed by atoms with Crippen LogP contribution in [0, 0.1) is 5.82 Å². The zero-order valence-electron chi connectivity index (χ0n) is 20.7. The molecule has 0 aliphatic carbocycles. The number of hydrogen-bond acceptors (Lipinski definition) is 6. The Labute approximate surface area is 228 Å². The summed E-state index contributed by atoms with van der Waals surface area (Å²) in [5.41, 5.74) is 7.63. The van der Waals surface area contributed by atoms with Crippen molar-refractivity contribution < 1.29 is 28.6 Å². The van der Waals surface area contributed by atoms with E-state index in [2.05, 4.69) is 26.6 Å². The van der Waals surface area contributed by atoms with E-state index in [1.54, 1.807) is 61.5 Å². The average Bonchev–Trinajstić information content (AvgIpc) is 2.89. The average molecular weight is 586 g/mol. The van der Waals surface area contributed by atoms with E-state index in [1.807, 2.05) is 0 Å². The van der Waals surface area contributed by atoms with Crippen LogP contribution < -0.4 is 16.4 Å². The van der Waals surface area contributed by atoms with Gasteiger partial charge < -0.3 is 25.6 Å². The van der Waals surface area contributed by atoms with Crippen molar-refractivity contribution in [3.05, 3.63) is 94.7 Å². The second-order valence-electron chi connectivity index (χ2n) is 8.22. The summed E-state index contributed by atoms with van der Waals surface area (Å²) in [4.78, 5) is 25.0. The van der Waals surface area contributed by atoms with Gasteiger partial charge in [0, 0.05) is 16.8 Å². The number of phenolic OH excluding ortho intramolecular Hbond substituents is 1. The van der Waals surface area contributed by atoms with Crippen LogP contribution >= 0.6 is 15.9 Å². The van der Waals surface area contributed by atoms with Crippen LogP contribution in [0.5, 0.6) is 5.75 Å². The lowest BCUT2D eigenvalue weighted by Gasteiger charge is -2.27. The molecule has 0 fully saturated rings. The van der Waals surface area contributed by atoms with Crippen molar-refractivity contribution in [2.75, 3.05) is 23.0 Å². The molecule has 0 aliphatic rings. The van der Waals surface area contributed by atoms with E-state index in [1.165, 1.54) is 18.2 Å². The lowest BCUT2D eigenvalue weighted by molar-refractivity contribution is -0.111. The lowest BCUT2D eigenvalue weighted by Crippen LogP contribution is -2.29. The van der Waals surface area contributed by atoms with Gasteiger partial charge in [0.25, 0.3) is 0 Å². The van der Waals surface area contributed by atoms with Gasteiger partial charge in [-0.25, -0.2) is 9.18 Å². The first-order chi connectivity index (χ1) is 18.3. The van der Waals surface area contributed by atoms with Gasteiger partial charge in [0.15, 0.2) is 17.7 Å². The summed E-state index contributed by atoms with van der Waals surface area (Å²) in [6.07, 6.45) is 1.37. The molecule has 0 aliphatic heterocycles. The van der Waals surface area contributed by atoms with Gasteiger partial charge >= 0.3 is 6.09 Å². The number of phenols is 1. The Hall–Kier alpha value is -3.89. The third kappa shape index (κ3) is 8.60. The number of halogens is 2. The molecule has 200 valence electrons. The lowest BCUT2D eigenvalue weighted by atomic mass is 9.99. The number of carbonyl (C=O) groups excluding carboxylic acids is 2. The molecule has 0 unspecified atom stereocenters. The minimum Gasteiger partial charge on any atom is -0.505 e. The smallest absolute Gasteiger partial charge is 0.412 e. The van der Waals surface area contributed by atoms with Gasteiger partial charge in [-0.05, 0) is 79.9 Å². The maximum Gasteiger partial charge on any atom is 0.412 e. The zero-order chi connectivity index (χ0) is 27.5. The third-order valence-electron chi connectivity index (χ3n) is 5.45. The molecular formula is C28H29BrFN3O5. The Kier molecular flexibility index (Phi) is 10.7. The van der Waals surface area contributed by atoms with E-state index in [0.717, 1.165) is 10.5 Å². The maximum absolute atomic E-state index is 14.2. The molecule has 0 saturated carbocycles. The number of amides is 2. The zero-order valence-corrected chi connectivity index (χ0v) is 22.3. The van der Waals surface area contributed by atoms with Crippen LogP contribution in [0.3, 0.4) is 0 Å². The molecule has 2 amide bonds. The summed E-state index contributed by atoms with van der Waals surface area (Å²) < 4.78 is 26.6. The molecule has 0 heterocycles. The molecule has 10 heteroatoms. The quantitative estimate of drug-likeness (QED) is 0.149. The molecular weight excluding hydrogens is 557 g/mol. The van der Waals surface area contributed by atoms with Crippen LogP contribution in [0.1, 0.15) is 31.4 Å². The van der Waals surface area contributed by atoms with Gasteiger partial charge in [-0.15, -0.1) is 0 Å². The summed E-state index contributed by atoms with van der Waals surface area (Å²) in [5, 5.41) is 15.0. The van der Waals surface area contributed by atoms with E-state index in [0.29, 0.717) is 42.1 Å². The second-order valence-corrected chi connectivity index (χ2v) is 9.13. The number of carbonyl (C=O) groups is 2. The highest BCUT2D eigenvalue weighted by molar-refractivity contribution is 9.10. The summed E-state index contributed by atoms with van der Waals surface area (Å²) in [6, 6.07) is 17.6. The van der Waals surface area contributed by atoms with E-state index < -0.39 is 29.9 Å². The topological polar surface area (TPSA) is 123 Å². The molecule has 0 spiro atoms. The third-order valence-corrected chi connectivity index (χ3v) is 5.98. The maximum atomic E-state index is 14.2. The van der Waals surface area contributed by atoms with Gasteiger partial charge in [0.2, 0.25) is 5.91 Å². The number of nitrogens with two attached hydrogens (primary N) is 1. The number of para-hydroxylation sites is 2. The number of aromatic hydroxyl groups is 1. The highest BCUT2D eigenvalue weighted by Gasteiger charge is 2.28. The first-order valence-corrected chi connectivity index (χ1v) is 12.7. The Balaban J connectivity index is 1.71. The molecule has 5 N–H and O–H groups in total. The molecule has 3 aromatic rings. The fraction of sp³-hybridized carbons (Fsp3) is 0.214. The second kappa shape index (κ2) is 14.2. The molecule has 3 aromatic carbocycles. The number of rotatable bonds is 11. The molecule has 3 rings (SSSR count). The first-order valence-electron chi connectivity index (χ1n) is 11.9. The number of benzene rings is 3. The van der Waals surface area contributed by atoms with E-state index in [4.69, 9.17) is 15.2 Å². The van der Waals surface area contributed by atoms with Gasteiger partial charge in [-0.1, -0.05) is 40.2 Å². The van der Waals surface area contributed by atoms with Crippen molar-refractivity contribution in [3.63, 3.8) is 0 Å². The molecule has 0 saturated heterocycles. The molecule has 0 radical (unpaired) electrons. The number of nitrogens with one attached hydrogen (secondary N) is 2. The molecule has 0 aromatic heterocycles.